The second-order valence-corrected chi connectivity index (χ2v) is 4.69. The van der Waals surface area contributed by atoms with Gasteiger partial charge < -0.3 is 10.2 Å². The van der Waals surface area contributed by atoms with Crippen LogP contribution in [0.1, 0.15) is 30.1 Å². The number of hydrazone groups is 1. The summed E-state index contributed by atoms with van der Waals surface area (Å²) in [6, 6.07) is 5.38. The van der Waals surface area contributed by atoms with Crippen molar-refractivity contribution < 1.29 is 28.2 Å². The maximum absolute atomic E-state index is 12.7. The van der Waals surface area contributed by atoms with E-state index >= 15 is 0 Å². The van der Waals surface area contributed by atoms with Crippen LogP contribution in [0.15, 0.2) is 29.4 Å². The summed E-state index contributed by atoms with van der Waals surface area (Å²) in [6.07, 6.45) is -5.65. The molecule has 1 aliphatic heterocycles. The minimum absolute atomic E-state index is 0.130. The number of rotatable bonds is 2. The van der Waals surface area contributed by atoms with Crippen LogP contribution in [0.2, 0.25) is 0 Å². The number of aliphatic hydroxyl groups is 1. The van der Waals surface area contributed by atoms with Gasteiger partial charge in [-0.3, -0.25) is 4.79 Å². The molecule has 1 amide bonds. The van der Waals surface area contributed by atoms with Crippen molar-refractivity contribution in [1.29, 1.82) is 0 Å². The fourth-order valence-corrected chi connectivity index (χ4v) is 2.03. The molecule has 114 valence electrons. The lowest BCUT2D eigenvalue weighted by Gasteiger charge is -2.30. The molecule has 0 unspecified atom stereocenters. The molecule has 5 nitrogen and oxygen atoms in total. The summed E-state index contributed by atoms with van der Waals surface area (Å²) in [4.78, 5) is 12.2. The molecule has 0 radical (unpaired) electrons. The number of carbonyl (C=O) groups is 1. The van der Waals surface area contributed by atoms with Gasteiger partial charge in [0.1, 0.15) is 11.5 Å². The Balaban J connectivity index is 2.42. The average Bonchev–Trinajstić information content (AvgIpc) is 2.77. The standard InChI is InChI=1S/C13H13F3N2O3/c1-2-12(21)7-10(13(14,15)16)17-18(12)11(20)8-5-3-4-6-9(8)19/h3-6,19,21H,2,7H2,1H3/t12-/m1/s1. The summed E-state index contributed by atoms with van der Waals surface area (Å²) in [7, 11) is 0. The molecule has 0 saturated heterocycles. The first-order valence-electron chi connectivity index (χ1n) is 6.18. The summed E-state index contributed by atoms with van der Waals surface area (Å²) in [5.41, 5.74) is -3.50. The summed E-state index contributed by atoms with van der Waals surface area (Å²) >= 11 is 0. The van der Waals surface area contributed by atoms with Gasteiger partial charge in [0.25, 0.3) is 5.91 Å². The van der Waals surface area contributed by atoms with E-state index in [9.17, 15) is 28.2 Å². The van der Waals surface area contributed by atoms with Crippen molar-refractivity contribution in [2.24, 2.45) is 5.10 Å². The average molecular weight is 302 g/mol. The molecule has 0 aliphatic carbocycles. The number of hydrogen-bond donors (Lipinski definition) is 2. The molecule has 1 aromatic carbocycles. The zero-order valence-corrected chi connectivity index (χ0v) is 11.1. The fraction of sp³-hybridized carbons (Fsp3) is 0.385. The van der Waals surface area contributed by atoms with Crippen LogP contribution in [0.4, 0.5) is 13.2 Å². The van der Waals surface area contributed by atoms with E-state index in [1.807, 2.05) is 0 Å². The highest BCUT2D eigenvalue weighted by molar-refractivity contribution is 6.01. The second kappa shape index (κ2) is 5.03. The first-order valence-corrected chi connectivity index (χ1v) is 6.18. The molecule has 8 heteroatoms. The molecule has 2 rings (SSSR count). The van der Waals surface area contributed by atoms with Crippen molar-refractivity contribution in [3.8, 4) is 5.75 Å². The number of amides is 1. The van der Waals surface area contributed by atoms with Crippen molar-refractivity contribution in [1.82, 2.24) is 5.01 Å². The molecule has 1 heterocycles. The van der Waals surface area contributed by atoms with E-state index in [2.05, 4.69) is 5.10 Å². The predicted octanol–water partition coefficient (Wildman–Crippen LogP) is 2.26. The van der Waals surface area contributed by atoms with Gasteiger partial charge in [-0.15, -0.1) is 0 Å². The highest BCUT2D eigenvalue weighted by Gasteiger charge is 2.51. The van der Waals surface area contributed by atoms with Crippen LogP contribution in [0.5, 0.6) is 5.75 Å². The van der Waals surface area contributed by atoms with E-state index in [0.29, 0.717) is 5.01 Å². The molecule has 0 saturated carbocycles. The first-order chi connectivity index (χ1) is 9.69. The number of alkyl halides is 3. The third-order valence-corrected chi connectivity index (χ3v) is 3.29. The van der Waals surface area contributed by atoms with Gasteiger partial charge in [-0.05, 0) is 18.6 Å². The van der Waals surface area contributed by atoms with Gasteiger partial charge in [0, 0.05) is 6.42 Å². The normalized spacial score (nSPS) is 22.3. The van der Waals surface area contributed by atoms with Crippen molar-refractivity contribution in [3.05, 3.63) is 29.8 Å². The van der Waals surface area contributed by atoms with Gasteiger partial charge in [-0.1, -0.05) is 19.1 Å². The molecular weight excluding hydrogens is 289 g/mol. The predicted molar refractivity (Wildman–Crippen MR) is 67.6 cm³/mol. The lowest BCUT2D eigenvalue weighted by Crippen LogP contribution is -2.45. The van der Waals surface area contributed by atoms with E-state index in [0.717, 1.165) is 0 Å². The van der Waals surface area contributed by atoms with Crippen LogP contribution >= 0.6 is 0 Å². The quantitative estimate of drug-likeness (QED) is 0.880. The van der Waals surface area contributed by atoms with E-state index in [-0.39, 0.29) is 12.0 Å². The van der Waals surface area contributed by atoms with Gasteiger partial charge in [-0.25, -0.2) is 0 Å². The van der Waals surface area contributed by atoms with E-state index in [4.69, 9.17) is 0 Å². The van der Waals surface area contributed by atoms with Crippen LogP contribution in [-0.4, -0.2) is 38.7 Å². The Labute approximate surface area is 118 Å². The van der Waals surface area contributed by atoms with Crippen molar-refractivity contribution >= 4 is 11.6 Å². The lowest BCUT2D eigenvalue weighted by atomic mass is 10.0. The molecule has 1 aromatic rings. The maximum atomic E-state index is 12.7. The van der Waals surface area contributed by atoms with Crippen molar-refractivity contribution in [2.45, 2.75) is 31.7 Å². The van der Waals surface area contributed by atoms with Gasteiger partial charge >= 0.3 is 6.18 Å². The Hall–Kier alpha value is -2.09. The Morgan fingerprint density at radius 3 is 2.57 bits per heavy atom. The summed E-state index contributed by atoms with van der Waals surface area (Å²) < 4.78 is 38.2. The van der Waals surface area contributed by atoms with Crippen LogP contribution in [0, 0.1) is 0 Å². The number of carbonyl (C=O) groups excluding carboxylic acids is 1. The minimum Gasteiger partial charge on any atom is -0.507 e. The number of halogens is 3. The Morgan fingerprint density at radius 2 is 2.05 bits per heavy atom. The third-order valence-electron chi connectivity index (χ3n) is 3.29. The maximum Gasteiger partial charge on any atom is 0.431 e. The molecule has 2 N–H and O–H groups in total. The molecule has 1 atom stereocenters. The van der Waals surface area contributed by atoms with Crippen molar-refractivity contribution in [2.75, 3.05) is 0 Å². The van der Waals surface area contributed by atoms with E-state index in [1.54, 1.807) is 0 Å². The van der Waals surface area contributed by atoms with Gasteiger partial charge in [-0.2, -0.15) is 23.3 Å². The Morgan fingerprint density at radius 1 is 1.43 bits per heavy atom. The number of hydrogen-bond acceptors (Lipinski definition) is 4. The zero-order chi connectivity index (χ0) is 15.8. The number of aromatic hydroxyl groups is 1. The van der Waals surface area contributed by atoms with Gasteiger partial charge in [0.15, 0.2) is 5.72 Å². The lowest BCUT2D eigenvalue weighted by molar-refractivity contribution is -0.0785. The van der Waals surface area contributed by atoms with Crippen molar-refractivity contribution in [3.63, 3.8) is 0 Å². The smallest absolute Gasteiger partial charge is 0.431 e. The SMILES string of the molecule is CC[C@@]1(O)CC(C(F)(F)F)=NN1C(=O)c1ccccc1O. The number of phenolic OH excluding ortho intramolecular Hbond substituents is 1. The van der Waals surface area contributed by atoms with Gasteiger partial charge in [0.05, 0.1) is 5.56 Å². The molecule has 0 aromatic heterocycles. The number of phenols is 1. The van der Waals surface area contributed by atoms with E-state index in [1.165, 1.54) is 31.2 Å². The monoisotopic (exact) mass is 302 g/mol. The molecule has 0 spiro atoms. The summed E-state index contributed by atoms with van der Waals surface area (Å²) in [5, 5.41) is 23.4. The van der Waals surface area contributed by atoms with Crippen LogP contribution in [-0.2, 0) is 0 Å². The van der Waals surface area contributed by atoms with E-state index < -0.39 is 35.7 Å². The zero-order valence-electron chi connectivity index (χ0n) is 11.1. The number of para-hydroxylation sites is 1. The van der Waals surface area contributed by atoms with Gasteiger partial charge in [0.2, 0.25) is 0 Å². The third kappa shape index (κ3) is 2.71. The summed E-state index contributed by atoms with van der Waals surface area (Å²) in [6.45, 7) is 1.44. The molecule has 21 heavy (non-hydrogen) atoms. The molecule has 0 bridgehead atoms. The van der Waals surface area contributed by atoms with Crippen LogP contribution < -0.4 is 0 Å². The number of nitrogens with zero attached hydrogens (tertiary/aromatic N) is 2. The number of benzene rings is 1. The van der Waals surface area contributed by atoms with Crippen LogP contribution in [0.25, 0.3) is 0 Å². The minimum atomic E-state index is -4.73. The topological polar surface area (TPSA) is 73.1 Å². The first kappa shape index (κ1) is 15.3. The fourth-order valence-electron chi connectivity index (χ4n) is 2.03. The molecule has 1 aliphatic rings. The van der Waals surface area contributed by atoms with Crippen LogP contribution in [0.3, 0.4) is 0 Å². The Kier molecular flexibility index (Phi) is 3.66. The highest BCUT2D eigenvalue weighted by Crippen LogP contribution is 2.36. The molecule has 0 fully saturated rings. The highest BCUT2D eigenvalue weighted by atomic mass is 19.4. The Bertz CT molecular complexity index is 601. The molecular formula is C13H13F3N2O3. The second-order valence-electron chi connectivity index (χ2n) is 4.69. The largest absolute Gasteiger partial charge is 0.507 e. The summed E-state index contributed by atoms with van der Waals surface area (Å²) in [5.74, 6) is -1.38.